The van der Waals surface area contributed by atoms with Crippen molar-refractivity contribution in [2.24, 2.45) is 5.84 Å². The Morgan fingerprint density at radius 2 is 1.96 bits per heavy atom. The Labute approximate surface area is 160 Å². The summed E-state index contributed by atoms with van der Waals surface area (Å²) in [5.74, 6) is 5.26. The minimum absolute atomic E-state index is 0.160. The predicted octanol–water partition coefficient (Wildman–Crippen LogP) is 3.09. The van der Waals surface area contributed by atoms with Crippen LogP contribution < -0.4 is 16.6 Å². The number of carbonyl (C=O) groups is 2. The van der Waals surface area contributed by atoms with Crippen molar-refractivity contribution in [2.75, 3.05) is 24.4 Å². The monoisotopic (exact) mass is 369 g/mol. The van der Waals surface area contributed by atoms with Gasteiger partial charge in [0.25, 0.3) is 0 Å². The van der Waals surface area contributed by atoms with Crippen LogP contribution in [-0.4, -0.2) is 25.9 Å². The minimum atomic E-state index is -0.297. The van der Waals surface area contributed by atoms with Crippen molar-refractivity contribution in [3.8, 4) is 0 Å². The average molecular weight is 369 g/mol. The molecule has 0 bridgehead atoms. The van der Waals surface area contributed by atoms with Crippen molar-refractivity contribution in [3.63, 3.8) is 0 Å². The van der Waals surface area contributed by atoms with Gasteiger partial charge in [-0.3, -0.25) is 9.59 Å². The molecular weight excluding hydrogens is 342 g/mol. The second-order valence-electron chi connectivity index (χ2n) is 6.62. The van der Waals surface area contributed by atoms with E-state index in [1.54, 1.807) is 14.0 Å². The zero-order valence-electron chi connectivity index (χ0n) is 16.3. The van der Waals surface area contributed by atoms with Gasteiger partial charge in [0.2, 0.25) is 0 Å². The highest BCUT2D eigenvalue weighted by Gasteiger charge is 2.23. The molecule has 0 aromatic heterocycles. The van der Waals surface area contributed by atoms with E-state index in [-0.39, 0.29) is 18.3 Å². The second-order valence-corrected chi connectivity index (χ2v) is 6.62. The van der Waals surface area contributed by atoms with Crippen LogP contribution in [0.5, 0.6) is 0 Å². The van der Waals surface area contributed by atoms with Crippen molar-refractivity contribution in [1.29, 1.82) is 0 Å². The fourth-order valence-electron chi connectivity index (χ4n) is 3.21. The SMILES string of the molecule is CCOC(=O)CC(c1ccc(C)c(C=O)c1)c1ccc(N(C)N)c(N)c1C. The summed E-state index contributed by atoms with van der Waals surface area (Å²) >= 11 is 0. The molecule has 2 aromatic carbocycles. The molecule has 0 amide bonds. The minimum Gasteiger partial charge on any atom is -0.466 e. The zero-order valence-corrected chi connectivity index (χ0v) is 16.3. The molecule has 1 atom stereocenters. The van der Waals surface area contributed by atoms with E-state index >= 15 is 0 Å². The topological polar surface area (TPSA) is 98.7 Å². The summed E-state index contributed by atoms with van der Waals surface area (Å²) in [6, 6.07) is 9.41. The summed E-state index contributed by atoms with van der Waals surface area (Å²) in [7, 11) is 1.72. The second kappa shape index (κ2) is 8.68. The molecule has 4 N–H and O–H groups in total. The standard InChI is InChI=1S/C21H27N3O3/c1-5-27-20(26)11-18(15-7-6-13(2)16(10-15)12-25)17-8-9-19(24(4)23)21(22)14(17)3/h6-10,12,18H,5,11,22-23H2,1-4H3. The molecule has 1 unspecified atom stereocenters. The number of carbonyl (C=O) groups excluding carboxylic acids is 2. The summed E-state index contributed by atoms with van der Waals surface area (Å²) in [5.41, 5.74) is 11.7. The number of esters is 1. The first-order valence-electron chi connectivity index (χ1n) is 8.88. The molecule has 6 nitrogen and oxygen atoms in total. The Balaban J connectivity index is 2.58. The molecule has 0 aliphatic rings. The highest BCUT2D eigenvalue weighted by molar-refractivity contribution is 5.79. The van der Waals surface area contributed by atoms with Crippen molar-refractivity contribution in [3.05, 3.63) is 58.1 Å². The van der Waals surface area contributed by atoms with Gasteiger partial charge in [-0.1, -0.05) is 18.2 Å². The van der Waals surface area contributed by atoms with Crippen LogP contribution in [0.25, 0.3) is 0 Å². The molecule has 0 aliphatic heterocycles. The van der Waals surface area contributed by atoms with Gasteiger partial charge in [-0.05, 0) is 55.2 Å². The molecule has 0 saturated carbocycles. The number of benzene rings is 2. The van der Waals surface area contributed by atoms with E-state index in [4.69, 9.17) is 16.3 Å². The molecule has 0 heterocycles. The molecule has 0 radical (unpaired) electrons. The number of nitrogens with zero attached hydrogens (tertiary/aromatic N) is 1. The lowest BCUT2D eigenvalue weighted by atomic mass is 9.84. The lowest BCUT2D eigenvalue weighted by Crippen LogP contribution is -2.26. The first-order chi connectivity index (χ1) is 12.8. The van der Waals surface area contributed by atoms with Crippen LogP contribution in [0.4, 0.5) is 11.4 Å². The van der Waals surface area contributed by atoms with E-state index in [0.717, 1.165) is 28.5 Å². The van der Waals surface area contributed by atoms with Crippen LogP contribution in [-0.2, 0) is 9.53 Å². The first-order valence-corrected chi connectivity index (χ1v) is 8.88. The van der Waals surface area contributed by atoms with Crippen molar-refractivity contribution in [1.82, 2.24) is 0 Å². The summed E-state index contributed by atoms with van der Waals surface area (Å²) in [4.78, 5) is 23.6. The van der Waals surface area contributed by atoms with E-state index in [1.807, 2.05) is 44.2 Å². The summed E-state index contributed by atoms with van der Waals surface area (Å²) in [6.45, 7) is 5.88. The van der Waals surface area contributed by atoms with Crippen molar-refractivity contribution < 1.29 is 14.3 Å². The van der Waals surface area contributed by atoms with Gasteiger partial charge in [0.15, 0.2) is 0 Å². The average Bonchev–Trinajstić information content (AvgIpc) is 2.63. The quantitative estimate of drug-likeness (QED) is 0.256. The fourth-order valence-corrected chi connectivity index (χ4v) is 3.21. The molecular formula is C21H27N3O3. The van der Waals surface area contributed by atoms with Crippen LogP contribution >= 0.6 is 0 Å². The van der Waals surface area contributed by atoms with Crippen LogP contribution in [0.2, 0.25) is 0 Å². The van der Waals surface area contributed by atoms with E-state index in [2.05, 4.69) is 0 Å². The van der Waals surface area contributed by atoms with E-state index in [1.165, 1.54) is 5.01 Å². The number of hydrogen-bond acceptors (Lipinski definition) is 6. The number of hydrogen-bond donors (Lipinski definition) is 2. The van der Waals surface area contributed by atoms with E-state index < -0.39 is 0 Å². The number of aryl methyl sites for hydroxylation is 1. The Hall–Kier alpha value is -2.86. The van der Waals surface area contributed by atoms with Gasteiger partial charge in [0.05, 0.1) is 24.4 Å². The van der Waals surface area contributed by atoms with Crippen molar-refractivity contribution in [2.45, 2.75) is 33.1 Å². The summed E-state index contributed by atoms with van der Waals surface area (Å²) < 4.78 is 5.16. The summed E-state index contributed by atoms with van der Waals surface area (Å²) in [6.07, 6.45) is 0.987. The smallest absolute Gasteiger partial charge is 0.306 e. The van der Waals surface area contributed by atoms with Gasteiger partial charge in [0, 0.05) is 18.5 Å². The Morgan fingerprint density at radius 1 is 1.26 bits per heavy atom. The lowest BCUT2D eigenvalue weighted by Gasteiger charge is -2.24. The van der Waals surface area contributed by atoms with Gasteiger partial charge in [-0.25, -0.2) is 5.84 Å². The molecule has 2 rings (SSSR count). The Kier molecular flexibility index (Phi) is 6.58. The third kappa shape index (κ3) is 4.46. The van der Waals surface area contributed by atoms with Gasteiger partial charge in [-0.15, -0.1) is 0 Å². The van der Waals surface area contributed by atoms with Crippen molar-refractivity contribution >= 4 is 23.6 Å². The number of anilines is 2. The molecule has 0 aliphatic carbocycles. The van der Waals surface area contributed by atoms with Crippen LogP contribution in [0.15, 0.2) is 30.3 Å². The number of nitrogen functional groups attached to an aromatic ring is 1. The molecule has 0 fully saturated rings. The maximum atomic E-state index is 12.2. The maximum Gasteiger partial charge on any atom is 0.306 e. The third-order valence-electron chi connectivity index (χ3n) is 4.80. The molecule has 0 spiro atoms. The molecule has 2 aromatic rings. The van der Waals surface area contributed by atoms with Gasteiger partial charge in [-0.2, -0.15) is 0 Å². The Morgan fingerprint density at radius 3 is 2.56 bits per heavy atom. The summed E-state index contributed by atoms with van der Waals surface area (Å²) in [5, 5.41) is 1.46. The Bertz CT molecular complexity index is 847. The van der Waals surface area contributed by atoms with Crippen LogP contribution in [0.3, 0.4) is 0 Å². The van der Waals surface area contributed by atoms with Crippen LogP contribution in [0.1, 0.15) is 51.9 Å². The first kappa shape index (κ1) is 20.5. The number of ether oxygens (including phenoxy) is 1. The molecule has 27 heavy (non-hydrogen) atoms. The normalized spacial score (nSPS) is 11.7. The maximum absolute atomic E-state index is 12.2. The fraction of sp³-hybridized carbons (Fsp3) is 0.333. The van der Waals surface area contributed by atoms with Gasteiger partial charge < -0.3 is 15.5 Å². The highest BCUT2D eigenvalue weighted by Crippen LogP contribution is 2.36. The number of hydrazine groups is 1. The lowest BCUT2D eigenvalue weighted by molar-refractivity contribution is -0.143. The third-order valence-corrected chi connectivity index (χ3v) is 4.80. The van der Waals surface area contributed by atoms with Gasteiger partial charge >= 0.3 is 5.97 Å². The van der Waals surface area contributed by atoms with Crippen LogP contribution in [0, 0.1) is 13.8 Å². The largest absolute Gasteiger partial charge is 0.466 e. The molecule has 144 valence electrons. The molecule has 0 saturated heterocycles. The number of rotatable bonds is 7. The predicted molar refractivity (Wildman–Crippen MR) is 108 cm³/mol. The highest BCUT2D eigenvalue weighted by atomic mass is 16.5. The zero-order chi connectivity index (χ0) is 20.1. The van der Waals surface area contributed by atoms with Gasteiger partial charge in [0.1, 0.15) is 6.29 Å². The van der Waals surface area contributed by atoms with E-state index in [0.29, 0.717) is 23.5 Å². The number of nitrogens with two attached hydrogens (primary N) is 2. The van der Waals surface area contributed by atoms with E-state index in [9.17, 15) is 9.59 Å². The number of aldehydes is 1. The molecule has 6 heteroatoms.